The second-order valence-electron chi connectivity index (χ2n) is 6.59. The summed E-state index contributed by atoms with van der Waals surface area (Å²) in [5.74, 6) is 0. The predicted octanol–water partition coefficient (Wildman–Crippen LogP) is 2.10. The molecule has 0 aromatic rings. The molecule has 0 radical (unpaired) electrons. The molecule has 20 heavy (non-hydrogen) atoms. The molecule has 0 saturated heterocycles. The zero-order valence-electron chi connectivity index (χ0n) is 13.4. The van der Waals surface area contributed by atoms with Crippen molar-refractivity contribution in [2.75, 3.05) is 19.6 Å². The van der Waals surface area contributed by atoms with Crippen LogP contribution < -0.4 is 11.1 Å². The topological polar surface area (TPSA) is 67.6 Å². The maximum atomic E-state index is 11.7. The van der Waals surface area contributed by atoms with Gasteiger partial charge in [0.1, 0.15) is 5.60 Å². The third-order valence-corrected chi connectivity index (χ3v) is 3.41. The molecule has 1 aliphatic carbocycles. The van der Waals surface area contributed by atoms with Crippen LogP contribution >= 0.6 is 0 Å². The van der Waals surface area contributed by atoms with Crippen molar-refractivity contribution in [1.82, 2.24) is 10.2 Å². The Labute approximate surface area is 123 Å². The molecule has 0 aliphatic heterocycles. The van der Waals surface area contributed by atoms with Gasteiger partial charge in [-0.05, 0) is 46.6 Å². The summed E-state index contributed by atoms with van der Waals surface area (Å²) in [6.07, 6.45) is 4.51. The summed E-state index contributed by atoms with van der Waals surface area (Å²) >= 11 is 0. The number of alkyl carbamates (subject to hydrolysis) is 1. The first-order valence-electron chi connectivity index (χ1n) is 7.80. The Hall–Kier alpha value is -0.810. The van der Waals surface area contributed by atoms with Crippen LogP contribution in [0.1, 0.15) is 53.4 Å². The Morgan fingerprint density at radius 3 is 2.55 bits per heavy atom. The Kier molecular flexibility index (Phi) is 6.76. The Morgan fingerprint density at radius 2 is 2.10 bits per heavy atom. The van der Waals surface area contributed by atoms with Gasteiger partial charge in [0.25, 0.3) is 0 Å². The van der Waals surface area contributed by atoms with E-state index >= 15 is 0 Å². The van der Waals surface area contributed by atoms with Crippen LogP contribution in [0.15, 0.2) is 0 Å². The van der Waals surface area contributed by atoms with E-state index in [0.717, 1.165) is 6.54 Å². The van der Waals surface area contributed by atoms with Crippen molar-refractivity contribution in [2.24, 2.45) is 5.73 Å². The van der Waals surface area contributed by atoms with Gasteiger partial charge in [-0.1, -0.05) is 13.3 Å². The van der Waals surface area contributed by atoms with Crippen molar-refractivity contribution in [3.8, 4) is 0 Å². The van der Waals surface area contributed by atoms with Crippen LogP contribution in [0, 0.1) is 0 Å². The number of carbonyl (C=O) groups is 1. The van der Waals surface area contributed by atoms with Crippen LogP contribution in [-0.2, 0) is 4.74 Å². The highest BCUT2D eigenvalue weighted by atomic mass is 16.6. The average Bonchev–Trinajstić information content (AvgIpc) is 3.15. The molecule has 1 unspecified atom stereocenters. The van der Waals surface area contributed by atoms with Gasteiger partial charge in [-0.25, -0.2) is 4.79 Å². The molecule has 0 heterocycles. The predicted molar refractivity (Wildman–Crippen MR) is 81.7 cm³/mol. The molecular formula is C15H31N3O2. The second-order valence-corrected chi connectivity index (χ2v) is 6.59. The molecule has 118 valence electrons. The SMILES string of the molecule is CCCCN(C1CC1)C(CN)CNC(=O)OC(C)(C)C. The van der Waals surface area contributed by atoms with Crippen LogP contribution in [0.25, 0.3) is 0 Å². The summed E-state index contributed by atoms with van der Waals surface area (Å²) in [5, 5.41) is 2.85. The van der Waals surface area contributed by atoms with Crippen molar-refractivity contribution >= 4 is 6.09 Å². The van der Waals surface area contributed by atoms with Gasteiger partial charge in [-0.3, -0.25) is 4.90 Å². The van der Waals surface area contributed by atoms with Crippen molar-refractivity contribution in [2.45, 2.75) is 71.1 Å². The largest absolute Gasteiger partial charge is 0.444 e. The minimum absolute atomic E-state index is 0.210. The molecule has 3 N–H and O–H groups in total. The van der Waals surface area contributed by atoms with Gasteiger partial charge in [0.2, 0.25) is 0 Å². The fraction of sp³-hybridized carbons (Fsp3) is 0.933. The molecule has 0 spiro atoms. The molecule has 5 nitrogen and oxygen atoms in total. The van der Waals surface area contributed by atoms with Crippen LogP contribution in [0.4, 0.5) is 4.79 Å². The molecule has 0 aromatic carbocycles. The van der Waals surface area contributed by atoms with E-state index in [9.17, 15) is 4.79 Å². The number of rotatable bonds is 8. The number of ether oxygens (including phenoxy) is 1. The summed E-state index contributed by atoms with van der Waals surface area (Å²) in [6, 6.07) is 0.872. The molecule has 1 amide bonds. The minimum atomic E-state index is -0.458. The lowest BCUT2D eigenvalue weighted by molar-refractivity contribution is 0.0505. The zero-order valence-corrected chi connectivity index (χ0v) is 13.4. The quantitative estimate of drug-likeness (QED) is 0.716. The van der Waals surface area contributed by atoms with E-state index in [1.807, 2.05) is 20.8 Å². The molecule has 1 aliphatic rings. The lowest BCUT2D eigenvalue weighted by atomic mass is 10.2. The molecule has 5 heteroatoms. The van der Waals surface area contributed by atoms with Gasteiger partial charge in [0, 0.05) is 25.2 Å². The van der Waals surface area contributed by atoms with Crippen LogP contribution in [-0.4, -0.2) is 48.3 Å². The summed E-state index contributed by atoms with van der Waals surface area (Å²) in [6.45, 7) is 9.99. The fourth-order valence-corrected chi connectivity index (χ4v) is 2.26. The molecule has 1 atom stereocenters. The van der Waals surface area contributed by atoms with E-state index in [4.69, 9.17) is 10.5 Å². The van der Waals surface area contributed by atoms with Crippen molar-refractivity contribution in [1.29, 1.82) is 0 Å². The summed E-state index contributed by atoms with van der Waals surface area (Å²) in [4.78, 5) is 14.2. The number of hydrogen-bond donors (Lipinski definition) is 2. The number of nitrogens with zero attached hydrogens (tertiary/aromatic N) is 1. The van der Waals surface area contributed by atoms with Gasteiger partial charge in [-0.2, -0.15) is 0 Å². The normalized spacial score (nSPS) is 17.1. The number of carbonyl (C=O) groups excluding carboxylic acids is 1. The van der Waals surface area contributed by atoms with Gasteiger partial charge >= 0.3 is 6.09 Å². The van der Waals surface area contributed by atoms with E-state index in [-0.39, 0.29) is 12.1 Å². The van der Waals surface area contributed by atoms with E-state index < -0.39 is 5.60 Å². The van der Waals surface area contributed by atoms with Crippen molar-refractivity contribution in [3.63, 3.8) is 0 Å². The lowest BCUT2D eigenvalue weighted by Crippen LogP contribution is -2.50. The van der Waals surface area contributed by atoms with Gasteiger partial charge in [0.05, 0.1) is 0 Å². The van der Waals surface area contributed by atoms with E-state index in [1.54, 1.807) is 0 Å². The minimum Gasteiger partial charge on any atom is -0.444 e. The monoisotopic (exact) mass is 285 g/mol. The van der Waals surface area contributed by atoms with Crippen LogP contribution in [0.3, 0.4) is 0 Å². The summed E-state index contributed by atoms with van der Waals surface area (Å²) in [7, 11) is 0. The van der Waals surface area contributed by atoms with Crippen LogP contribution in [0.5, 0.6) is 0 Å². The maximum Gasteiger partial charge on any atom is 0.407 e. The first kappa shape index (κ1) is 17.2. The third kappa shape index (κ3) is 6.57. The van der Waals surface area contributed by atoms with E-state index in [1.165, 1.54) is 25.7 Å². The highest BCUT2D eigenvalue weighted by Gasteiger charge is 2.33. The Bertz CT molecular complexity index is 298. The standard InChI is InChI=1S/C15H31N3O2/c1-5-6-9-18(12-7-8-12)13(10-16)11-17-14(19)20-15(2,3)4/h12-13H,5-11,16H2,1-4H3,(H,17,19). The highest BCUT2D eigenvalue weighted by Crippen LogP contribution is 2.28. The lowest BCUT2D eigenvalue weighted by Gasteiger charge is -2.31. The summed E-state index contributed by atoms with van der Waals surface area (Å²) in [5.41, 5.74) is 5.43. The molecule has 0 aromatic heterocycles. The first-order valence-corrected chi connectivity index (χ1v) is 7.80. The highest BCUT2D eigenvalue weighted by molar-refractivity contribution is 5.67. The maximum absolute atomic E-state index is 11.7. The van der Waals surface area contributed by atoms with E-state index in [2.05, 4.69) is 17.1 Å². The Morgan fingerprint density at radius 1 is 1.45 bits per heavy atom. The number of nitrogens with two attached hydrogens (primary N) is 1. The number of hydrogen-bond acceptors (Lipinski definition) is 4. The van der Waals surface area contributed by atoms with Crippen LogP contribution in [0.2, 0.25) is 0 Å². The first-order chi connectivity index (χ1) is 9.37. The molecule has 0 bridgehead atoms. The zero-order chi connectivity index (χ0) is 15.2. The number of unbranched alkanes of at least 4 members (excludes halogenated alkanes) is 1. The number of nitrogens with one attached hydrogen (secondary N) is 1. The number of amides is 1. The third-order valence-electron chi connectivity index (χ3n) is 3.41. The van der Waals surface area contributed by atoms with Gasteiger partial charge < -0.3 is 15.8 Å². The van der Waals surface area contributed by atoms with Crippen molar-refractivity contribution in [3.05, 3.63) is 0 Å². The van der Waals surface area contributed by atoms with Crippen molar-refractivity contribution < 1.29 is 9.53 Å². The molecular weight excluding hydrogens is 254 g/mol. The molecule has 1 saturated carbocycles. The molecule has 1 fully saturated rings. The van der Waals surface area contributed by atoms with Gasteiger partial charge in [0.15, 0.2) is 0 Å². The van der Waals surface area contributed by atoms with E-state index in [0.29, 0.717) is 19.1 Å². The molecule has 1 rings (SSSR count). The summed E-state index contributed by atoms with van der Waals surface area (Å²) < 4.78 is 5.26. The average molecular weight is 285 g/mol. The smallest absolute Gasteiger partial charge is 0.407 e. The fourth-order valence-electron chi connectivity index (χ4n) is 2.26. The van der Waals surface area contributed by atoms with Gasteiger partial charge in [-0.15, -0.1) is 0 Å². The Balaban J connectivity index is 2.42. The second kappa shape index (κ2) is 7.84.